The predicted molar refractivity (Wildman–Crippen MR) is 53.2 cm³/mol. The summed E-state index contributed by atoms with van der Waals surface area (Å²) in [5.41, 5.74) is 0. The van der Waals surface area contributed by atoms with Crippen LogP contribution in [0.2, 0.25) is 0 Å². The largest absolute Gasteiger partial charge is 0.453 e. The Kier molecular flexibility index (Phi) is 2.91. The third-order valence-electron chi connectivity index (χ3n) is 3.24. The van der Waals surface area contributed by atoms with Crippen LogP contribution >= 0.6 is 0 Å². The molecular weight excluding hydrogens is 180 g/mol. The predicted octanol–water partition coefficient (Wildman–Crippen LogP) is 0.923. The van der Waals surface area contributed by atoms with Gasteiger partial charge in [0.2, 0.25) is 0 Å². The van der Waals surface area contributed by atoms with Gasteiger partial charge < -0.3 is 9.64 Å². The number of fused-ring (bicyclic) bond motifs is 1. The van der Waals surface area contributed by atoms with Crippen LogP contribution in [-0.4, -0.2) is 55.2 Å². The maximum Gasteiger partial charge on any atom is 0.409 e. The molecule has 0 spiro atoms. The molecule has 80 valence electrons. The molecule has 4 nitrogen and oxygen atoms in total. The fourth-order valence-electron chi connectivity index (χ4n) is 2.50. The Bertz CT molecular complexity index is 220. The average Bonchev–Trinajstić information content (AvgIpc) is 2.54. The van der Waals surface area contributed by atoms with Crippen molar-refractivity contribution in [3.8, 4) is 0 Å². The highest BCUT2D eigenvalue weighted by Gasteiger charge is 2.30. The molecule has 2 aliphatic rings. The Labute approximate surface area is 84.8 Å². The maximum atomic E-state index is 11.4. The lowest BCUT2D eigenvalue weighted by atomic mass is 10.2. The van der Waals surface area contributed by atoms with Gasteiger partial charge in [0.05, 0.1) is 7.11 Å². The lowest BCUT2D eigenvalue weighted by Crippen LogP contribution is -2.39. The van der Waals surface area contributed by atoms with Gasteiger partial charge in [0, 0.05) is 25.7 Å². The first kappa shape index (κ1) is 9.77. The molecular formula is C10H18N2O2. The molecule has 0 aromatic carbocycles. The van der Waals surface area contributed by atoms with Gasteiger partial charge in [0.25, 0.3) is 0 Å². The van der Waals surface area contributed by atoms with E-state index in [0.29, 0.717) is 6.04 Å². The molecule has 2 aliphatic heterocycles. The van der Waals surface area contributed by atoms with Gasteiger partial charge in [-0.15, -0.1) is 0 Å². The number of carbonyl (C=O) groups is 1. The first-order chi connectivity index (χ1) is 6.81. The molecule has 2 rings (SSSR count). The van der Waals surface area contributed by atoms with E-state index < -0.39 is 0 Å². The van der Waals surface area contributed by atoms with Crippen LogP contribution in [0.15, 0.2) is 0 Å². The summed E-state index contributed by atoms with van der Waals surface area (Å²) in [6, 6.07) is 0.580. The molecule has 0 N–H and O–H groups in total. The number of carbonyl (C=O) groups excluding carboxylic acids is 1. The van der Waals surface area contributed by atoms with E-state index in [-0.39, 0.29) is 6.09 Å². The number of nitrogens with zero attached hydrogens (tertiary/aromatic N) is 2. The van der Waals surface area contributed by atoms with Crippen LogP contribution in [-0.2, 0) is 4.74 Å². The van der Waals surface area contributed by atoms with Crippen molar-refractivity contribution < 1.29 is 9.53 Å². The van der Waals surface area contributed by atoms with Crippen LogP contribution < -0.4 is 0 Å². The van der Waals surface area contributed by atoms with E-state index >= 15 is 0 Å². The summed E-state index contributed by atoms with van der Waals surface area (Å²) in [5, 5.41) is 0. The minimum absolute atomic E-state index is 0.168. The second-order valence-electron chi connectivity index (χ2n) is 4.10. The van der Waals surface area contributed by atoms with E-state index in [1.165, 1.54) is 26.5 Å². The Hall–Kier alpha value is -0.770. The summed E-state index contributed by atoms with van der Waals surface area (Å²) < 4.78 is 4.76. The zero-order valence-electron chi connectivity index (χ0n) is 8.74. The minimum atomic E-state index is -0.168. The third kappa shape index (κ3) is 1.85. The molecule has 0 aromatic heterocycles. The Morgan fingerprint density at radius 2 is 2.07 bits per heavy atom. The van der Waals surface area contributed by atoms with Gasteiger partial charge in [-0.05, 0) is 25.8 Å². The molecule has 2 fully saturated rings. The minimum Gasteiger partial charge on any atom is -0.453 e. The van der Waals surface area contributed by atoms with E-state index in [1.807, 2.05) is 4.90 Å². The van der Waals surface area contributed by atoms with Gasteiger partial charge in [-0.1, -0.05) is 0 Å². The fraction of sp³-hybridized carbons (Fsp3) is 0.900. The van der Waals surface area contributed by atoms with Crippen LogP contribution in [0, 0.1) is 0 Å². The Morgan fingerprint density at radius 3 is 2.86 bits per heavy atom. The van der Waals surface area contributed by atoms with E-state index in [4.69, 9.17) is 4.74 Å². The summed E-state index contributed by atoms with van der Waals surface area (Å²) in [7, 11) is 1.46. The molecule has 0 saturated carbocycles. The van der Waals surface area contributed by atoms with E-state index in [0.717, 1.165) is 26.1 Å². The number of methoxy groups -OCH3 is 1. The van der Waals surface area contributed by atoms with E-state index in [2.05, 4.69) is 4.90 Å². The SMILES string of the molecule is COC(=O)N1CCCN2CCCC2C1. The Balaban J connectivity index is 1.98. The molecule has 2 heterocycles. The average molecular weight is 198 g/mol. The number of ether oxygens (including phenoxy) is 1. The van der Waals surface area contributed by atoms with Crippen molar-refractivity contribution in [2.45, 2.75) is 25.3 Å². The molecule has 0 aliphatic carbocycles. The highest BCUT2D eigenvalue weighted by atomic mass is 16.5. The fourth-order valence-corrected chi connectivity index (χ4v) is 2.50. The quantitative estimate of drug-likeness (QED) is 0.580. The number of amides is 1. The van der Waals surface area contributed by atoms with Gasteiger partial charge in [-0.3, -0.25) is 4.90 Å². The number of rotatable bonds is 0. The van der Waals surface area contributed by atoms with Gasteiger partial charge in [-0.2, -0.15) is 0 Å². The lowest BCUT2D eigenvalue weighted by molar-refractivity contribution is 0.119. The summed E-state index contributed by atoms with van der Waals surface area (Å²) in [6.45, 7) is 4.05. The number of hydrogen-bond donors (Lipinski definition) is 0. The summed E-state index contributed by atoms with van der Waals surface area (Å²) in [5.74, 6) is 0. The molecule has 14 heavy (non-hydrogen) atoms. The van der Waals surface area contributed by atoms with E-state index in [9.17, 15) is 4.79 Å². The zero-order chi connectivity index (χ0) is 9.97. The highest BCUT2D eigenvalue weighted by molar-refractivity contribution is 5.67. The number of hydrogen-bond acceptors (Lipinski definition) is 3. The van der Waals surface area contributed by atoms with Crippen LogP contribution in [0.3, 0.4) is 0 Å². The molecule has 0 aromatic rings. The van der Waals surface area contributed by atoms with Crippen molar-refractivity contribution >= 4 is 6.09 Å². The van der Waals surface area contributed by atoms with Crippen molar-refractivity contribution in [2.24, 2.45) is 0 Å². The third-order valence-corrected chi connectivity index (χ3v) is 3.24. The molecule has 4 heteroatoms. The zero-order valence-corrected chi connectivity index (χ0v) is 8.74. The van der Waals surface area contributed by atoms with Crippen molar-refractivity contribution in [1.82, 2.24) is 9.80 Å². The topological polar surface area (TPSA) is 32.8 Å². The van der Waals surface area contributed by atoms with Gasteiger partial charge in [0.1, 0.15) is 0 Å². The standard InChI is InChI=1S/C10H18N2O2/c1-14-10(13)12-7-3-6-11-5-2-4-9(11)8-12/h9H,2-8H2,1H3. The molecule has 0 radical (unpaired) electrons. The van der Waals surface area contributed by atoms with Crippen LogP contribution in [0.1, 0.15) is 19.3 Å². The van der Waals surface area contributed by atoms with Crippen LogP contribution in [0.25, 0.3) is 0 Å². The maximum absolute atomic E-state index is 11.4. The van der Waals surface area contributed by atoms with Crippen LogP contribution in [0.4, 0.5) is 4.79 Å². The monoisotopic (exact) mass is 198 g/mol. The second kappa shape index (κ2) is 4.17. The first-order valence-electron chi connectivity index (χ1n) is 5.38. The molecule has 0 bridgehead atoms. The van der Waals surface area contributed by atoms with Gasteiger partial charge in [-0.25, -0.2) is 4.79 Å². The van der Waals surface area contributed by atoms with Gasteiger partial charge in [0.15, 0.2) is 0 Å². The molecule has 1 amide bonds. The molecule has 1 unspecified atom stereocenters. The second-order valence-corrected chi connectivity index (χ2v) is 4.10. The van der Waals surface area contributed by atoms with E-state index in [1.54, 1.807) is 0 Å². The summed E-state index contributed by atoms with van der Waals surface area (Å²) >= 11 is 0. The normalized spacial score (nSPS) is 28.4. The smallest absolute Gasteiger partial charge is 0.409 e. The highest BCUT2D eigenvalue weighted by Crippen LogP contribution is 2.21. The first-order valence-corrected chi connectivity index (χ1v) is 5.38. The molecule has 2 saturated heterocycles. The van der Waals surface area contributed by atoms with Crippen molar-refractivity contribution in [3.63, 3.8) is 0 Å². The van der Waals surface area contributed by atoms with Crippen LogP contribution in [0.5, 0.6) is 0 Å². The van der Waals surface area contributed by atoms with Crippen molar-refractivity contribution in [2.75, 3.05) is 33.3 Å². The Morgan fingerprint density at radius 1 is 1.29 bits per heavy atom. The van der Waals surface area contributed by atoms with Crippen molar-refractivity contribution in [3.05, 3.63) is 0 Å². The summed E-state index contributed by atoms with van der Waals surface area (Å²) in [4.78, 5) is 15.7. The van der Waals surface area contributed by atoms with Crippen molar-refractivity contribution in [1.29, 1.82) is 0 Å². The summed E-state index contributed by atoms with van der Waals surface area (Å²) in [6.07, 6.45) is 3.41. The molecule has 1 atom stereocenters. The lowest BCUT2D eigenvalue weighted by Gasteiger charge is -2.24. The van der Waals surface area contributed by atoms with Gasteiger partial charge >= 0.3 is 6.09 Å².